The Labute approximate surface area is 139 Å². The van der Waals surface area contributed by atoms with E-state index >= 15 is 0 Å². The lowest BCUT2D eigenvalue weighted by Crippen LogP contribution is -2.30. The van der Waals surface area contributed by atoms with Gasteiger partial charge in [0, 0.05) is 25.2 Å². The van der Waals surface area contributed by atoms with Gasteiger partial charge in [0.05, 0.1) is 11.4 Å². The van der Waals surface area contributed by atoms with Crippen LogP contribution in [-0.2, 0) is 14.8 Å². The summed E-state index contributed by atoms with van der Waals surface area (Å²) in [6, 6.07) is 11.4. The summed E-state index contributed by atoms with van der Waals surface area (Å²) < 4.78 is 51.4. The van der Waals surface area contributed by atoms with E-state index in [-0.39, 0.29) is 12.1 Å². The van der Waals surface area contributed by atoms with Gasteiger partial charge in [0.2, 0.25) is 15.9 Å². The molecule has 0 aliphatic carbocycles. The third-order valence-corrected chi connectivity index (χ3v) is 5.09. The maximum atomic E-state index is 13.1. The highest BCUT2D eigenvalue weighted by Crippen LogP contribution is 2.17. The van der Waals surface area contributed by atoms with Crippen LogP contribution in [-0.4, -0.2) is 27.1 Å². The zero-order valence-electron chi connectivity index (χ0n) is 12.9. The van der Waals surface area contributed by atoms with Crippen molar-refractivity contribution in [3.8, 4) is 0 Å². The number of halogens is 2. The monoisotopic (exact) mass is 354 g/mol. The summed E-state index contributed by atoms with van der Waals surface area (Å²) in [5, 5.41) is 2.33. The summed E-state index contributed by atoms with van der Waals surface area (Å²) in [6.07, 6.45) is -0.307. The average Bonchev–Trinajstić information content (AvgIpc) is 2.56. The van der Waals surface area contributed by atoms with E-state index in [1.54, 1.807) is 30.3 Å². The third kappa shape index (κ3) is 4.51. The first-order chi connectivity index (χ1) is 11.3. The van der Waals surface area contributed by atoms with E-state index in [1.807, 2.05) is 0 Å². The number of nitrogens with zero attached hydrogens (tertiary/aromatic N) is 1. The van der Waals surface area contributed by atoms with Gasteiger partial charge >= 0.3 is 0 Å². The number of carbonyl (C=O) groups is 1. The summed E-state index contributed by atoms with van der Waals surface area (Å²) in [6.45, 7) is 0. The van der Waals surface area contributed by atoms with Crippen molar-refractivity contribution >= 4 is 27.3 Å². The second-order valence-electron chi connectivity index (χ2n) is 5.05. The maximum Gasteiger partial charge on any atom is 0.235 e. The summed E-state index contributed by atoms with van der Waals surface area (Å²) >= 11 is 0. The molecule has 5 nitrogen and oxygen atoms in total. The number of hydrogen-bond acceptors (Lipinski definition) is 3. The smallest absolute Gasteiger partial charge is 0.235 e. The Kier molecular flexibility index (Phi) is 5.50. The van der Waals surface area contributed by atoms with Gasteiger partial charge < -0.3 is 5.32 Å². The summed E-state index contributed by atoms with van der Waals surface area (Å²) in [7, 11) is -2.28. The van der Waals surface area contributed by atoms with E-state index < -0.39 is 33.3 Å². The Balaban J connectivity index is 1.96. The van der Waals surface area contributed by atoms with Crippen LogP contribution in [0.5, 0.6) is 0 Å². The number of benzene rings is 2. The minimum atomic E-state index is -3.68. The van der Waals surface area contributed by atoms with Crippen molar-refractivity contribution in [1.29, 1.82) is 0 Å². The molecule has 128 valence electrons. The van der Waals surface area contributed by atoms with Crippen LogP contribution in [0, 0.1) is 11.6 Å². The Hall–Kier alpha value is -2.48. The van der Waals surface area contributed by atoms with Crippen molar-refractivity contribution < 1.29 is 22.0 Å². The largest absolute Gasteiger partial charge is 0.326 e. The van der Waals surface area contributed by atoms with Crippen LogP contribution in [0.4, 0.5) is 20.2 Å². The number of nitrogens with one attached hydrogen (secondary N) is 1. The molecule has 0 atom stereocenters. The zero-order chi connectivity index (χ0) is 17.7. The fourth-order valence-electron chi connectivity index (χ4n) is 1.95. The molecule has 1 amide bonds. The van der Waals surface area contributed by atoms with Gasteiger partial charge in [-0.3, -0.25) is 9.10 Å². The van der Waals surface area contributed by atoms with Crippen LogP contribution < -0.4 is 9.62 Å². The molecule has 0 fully saturated rings. The highest BCUT2D eigenvalue weighted by molar-refractivity contribution is 7.92. The van der Waals surface area contributed by atoms with E-state index in [0.717, 1.165) is 16.4 Å². The fourth-order valence-corrected chi connectivity index (χ4v) is 3.11. The van der Waals surface area contributed by atoms with Gasteiger partial charge in [0.15, 0.2) is 11.6 Å². The standard InChI is InChI=1S/C16H16F2N2O3S/c1-20(13-5-3-2-4-6-13)24(22,23)10-9-16(21)19-12-7-8-14(17)15(18)11-12/h2-8,11H,9-10H2,1H3,(H,19,21). The second kappa shape index (κ2) is 7.39. The number of rotatable bonds is 6. The SMILES string of the molecule is CN(c1ccccc1)S(=O)(=O)CCC(=O)Nc1ccc(F)c(F)c1. The average molecular weight is 354 g/mol. The predicted octanol–water partition coefficient (Wildman–Crippen LogP) is 2.76. The third-order valence-electron chi connectivity index (χ3n) is 3.33. The van der Waals surface area contributed by atoms with Crippen LogP contribution in [0.1, 0.15) is 6.42 Å². The molecule has 0 aliphatic rings. The number of amides is 1. The van der Waals surface area contributed by atoms with Gasteiger partial charge in [-0.1, -0.05) is 18.2 Å². The van der Waals surface area contributed by atoms with Gasteiger partial charge in [-0.05, 0) is 24.3 Å². The van der Waals surface area contributed by atoms with E-state index in [1.165, 1.54) is 13.1 Å². The lowest BCUT2D eigenvalue weighted by molar-refractivity contribution is -0.115. The van der Waals surface area contributed by atoms with E-state index in [9.17, 15) is 22.0 Å². The molecule has 1 N–H and O–H groups in total. The topological polar surface area (TPSA) is 66.5 Å². The van der Waals surface area contributed by atoms with Crippen molar-refractivity contribution in [2.75, 3.05) is 22.4 Å². The minimum absolute atomic E-state index is 0.0627. The number of sulfonamides is 1. The van der Waals surface area contributed by atoms with Crippen molar-refractivity contribution in [2.24, 2.45) is 0 Å². The van der Waals surface area contributed by atoms with E-state index in [4.69, 9.17) is 0 Å². The molecule has 0 aliphatic heterocycles. The first-order valence-electron chi connectivity index (χ1n) is 7.06. The first kappa shape index (κ1) is 17.9. The van der Waals surface area contributed by atoms with E-state index in [2.05, 4.69) is 5.32 Å². The number of hydrogen-bond donors (Lipinski definition) is 1. The molecule has 0 unspecified atom stereocenters. The molecular formula is C16H16F2N2O3S. The van der Waals surface area contributed by atoms with Crippen LogP contribution in [0.3, 0.4) is 0 Å². The Morgan fingerprint density at radius 3 is 2.38 bits per heavy atom. The fraction of sp³-hybridized carbons (Fsp3) is 0.188. The zero-order valence-corrected chi connectivity index (χ0v) is 13.7. The normalized spacial score (nSPS) is 11.1. The number of carbonyl (C=O) groups excluding carboxylic acids is 1. The van der Waals surface area contributed by atoms with Crippen molar-refractivity contribution in [2.45, 2.75) is 6.42 Å². The molecule has 2 aromatic carbocycles. The molecule has 24 heavy (non-hydrogen) atoms. The second-order valence-corrected chi connectivity index (χ2v) is 7.17. The van der Waals surface area contributed by atoms with Gasteiger partial charge in [-0.2, -0.15) is 0 Å². The van der Waals surface area contributed by atoms with E-state index in [0.29, 0.717) is 5.69 Å². The van der Waals surface area contributed by atoms with Gasteiger partial charge in [-0.15, -0.1) is 0 Å². The molecule has 0 saturated carbocycles. The maximum absolute atomic E-state index is 13.1. The van der Waals surface area contributed by atoms with Gasteiger partial charge in [0.25, 0.3) is 0 Å². The van der Waals surface area contributed by atoms with Gasteiger partial charge in [0.1, 0.15) is 0 Å². The predicted molar refractivity (Wildman–Crippen MR) is 88.2 cm³/mol. The Morgan fingerprint density at radius 2 is 1.75 bits per heavy atom. The molecule has 2 rings (SSSR count). The highest BCUT2D eigenvalue weighted by Gasteiger charge is 2.20. The lowest BCUT2D eigenvalue weighted by Gasteiger charge is -2.19. The van der Waals surface area contributed by atoms with Crippen molar-refractivity contribution in [1.82, 2.24) is 0 Å². The molecular weight excluding hydrogens is 338 g/mol. The molecule has 0 heterocycles. The Morgan fingerprint density at radius 1 is 1.08 bits per heavy atom. The lowest BCUT2D eigenvalue weighted by atomic mass is 10.3. The Bertz CT molecular complexity index is 826. The minimum Gasteiger partial charge on any atom is -0.326 e. The first-order valence-corrected chi connectivity index (χ1v) is 8.67. The molecule has 0 aromatic heterocycles. The molecule has 0 bridgehead atoms. The van der Waals surface area contributed by atoms with Crippen molar-refractivity contribution in [3.63, 3.8) is 0 Å². The summed E-state index contributed by atoms with van der Waals surface area (Å²) in [5.74, 6) is -3.14. The van der Waals surface area contributed by atoms with Crippen LogP contribution >= 0.6 is 0 Å². The molecule has 0 radical (unpaired) electrons. The molecule has 8 heteroatoms. The van der Waals surface area contributed by atoms with Crippen LogP contribution in [0.15, 0.2) is 48.5 Å². The number of anilines is 2. The van der Waals surface area contributed by atoms with Crippen molar-refractivity contribution in [3.05, 3.63) is 60.2 Å². The van der Waals surface area contributed by atoms with Crippen LogP contribution in [0.25, 0.3) is 0 Å². The molecule has 0 spiro atoms. The summed E-state index contributed by atoms with van der Waals surface area (Å²) in [4.78, 5) is 11.8. The number of para-hydroxylation sites is 1. The quantitative estimate of drug-likeness (QED) is 0.867. The molecule has 0 saturated heterocycles. The highest BCUT2D eigenvalue weighted by atomic mass is 32.2. The van der Waals surface area contributed by atoms with Crippen LogP contribution in [0.2, 0.25) is 0 Å². The van der Waals surface area contributed by atoms with Gasteiger partial charge in [-0.25, -0.2) is 17.2 Å². The summed E-state index contributed by atoms with van der Waals surface area (Å²) in [5.41, 5.74) is 0.547. The molecule has 2 aromatic rings.